The summed E-state index contributed by atoms with van der Waals surface area (Å²) in [5.41, 5.74) is 1.70. The number of ether oxygens (including phenoxy) is 1. The SMILES string of the molecule is CCCCCNC(=O)[C@@H](Cc1ccccc1)N(Cc1ccc(F)cc1)C(=O)COc1ccc(S(=O)(=O)Nc2ccc(F)cc2)cc1. The summed E-state index contributed by atoms with van der Waals surface area (Å²) in [6.45, 7) is 2.14. The highest BCUT2D eigenvalue weighted by Gasteiger charge is 2.30. The first-order chi connectivity index (χ1) is 22.1. The molecule has 11 heteroatoms. The van der Waals surface area contributed by atoms with Crippen LogP contribution in [0.4, 0.5) is 14.5 Å². The zero-order valence-corrected chi connectivity index (χ0v) is 26.3. The molecule has 0 aliphatic heterocycles. The molecule has 2 N–H and O–H groups in total. The van der Waals surface area contributed by atoms with Crippen molar-refractivity contribution in [3.8, 4) is 5.75 Å². The lowest BCUT2D eigenvalue weighted by Gasteiger charge is -2.31. The third kappa shape index (κ3) is 10.1. The molecule has 0 aliphatic rings. The Morgan fingerprint density at radius 1 is 0.804 bits per heavy atom. The first-order valence-electron chi connectivity index (χ1n) is 15.0. The third-order valence-electron chi connectivity index (χ3n) is 7.21. The smallest absolute Gasteiger partial charge is 0.261 e. The van der Waals surface area contributed by atoms with Crippen LogP contribution in [0.2, 0.25) is 0 Å². The highest BCUT2D eigenvalue weighted by atomic mass is 32.2. The lowest BCUT2D eigenvalue weighted by atomic mass is 10.0. The van der Waals surface area contributed by atoms with Crippen molar-refractivity contribution in [1.82, 2.24) is 10.2 Å². The van der Waals surface area contributed by atoms with E-state index in [0.29, 0.717) is 12.1 Å². The number of carbonyl (C=O) groups excluding carboxylic acids is 2. The molecular formula is C35H37F2N3O5S. The lowest BCUT2D eigenvalue weighted by molar-refractivity contribution is -0.142. The minimum Gasteiger partial charge on any atom is -0.484 e. The molecule has 0 saturated heterocycles. The summed E-state index contributed by atoms with van der Waals surface area (Å²) in [5.74, 6) is -1.46. The van der Waals surface area contributed by atoms with Crippen LogP contribution in [0.5, 0.6) is 5.75 Å². The van der Waals surface area contributed by atoms with E-state index in [-0.39, 0.29) is 35.2 Å². The molecule has 0 aromatic heterocycles. The van der Waals surface area contributed by atoms with Crippen LogP contribution in [-0.4, -0.2) is 44.3 Å². The quantitative estimate of drug-likeness (QED) is 0.143. The van der Waals surface area contributed by atoms with Crippen LogP contribution >= 0.6 is 0 Å². The number of halogens is 2. The predicted octanol–water partition coefficient (Wildman–Crippen LogP) is 6.09. The van der Waals surface area contributed by atoms with E-state index in [1.807, 2.05) is 30.3 Å². The van der Waals surface area contributed by atoms with Gasteiger partial charge in [0.05, 0.1) is 4.90 Å². The Morgan fingerprint density at radius 2 is 1.43 bits per heavy atom. The summed E-state index contributed by atoms with van der Waals surface area (Å²) in [6, 6.07) is 24.6. The van der Waals surface area contributed by atoms with Crippen molar-refractivity contribution in [3.63, 3.8) is 0 Å². The molecule has 4 rings (SSSR count). The van der Waals surface area contributed by atoms with Crippen molar-refractivity contribution in [2.24, 2.45) is 0 Å². The Balaban J connectivity index is 1.52. The van der Waals surface area contributed by atoms with E-state index < -0.39 is 40.2 Å². The molecular weight excluding hydrogens is 612 g/mol. The fourth-order valence-corrected chi connectivity index (χ4v) is 5.78. The van der Waals surface area contributed by atoms with Crippen LogP contribution < -0.4 is 14.8 Å². The van der Waals surface area contributed by atoms with E-state index in [1.165, 1.54) is 53.4 Å². The summed E-state index contributed by atoms with van der Waals surface area (Å²) in [7, 11) is -3.96. The third-order valence-corrected chi connectivity index (χ3v) is 8.61. The Morgan fingerprint density at radius 3 is 2.07 bits per heavy atom. The summed E-state index contributed by atoms with van der Waals surface area (Å²) in [5, 5.41) is 2.97. The Hall–Kier alpha value is -4.77. The van der Waals surface area contributed by atoms with Crippen LogP contribution in [0.25, 0.3) is 0 Å². The van der Waals surface area contributed by atoms with Crippen molar-refractivity contribution >= 4 is 27.5 Å². The minimum absolute atomic E-state index is 0.0363. The van der Waals surface area contributed by atoms with Gasteiger partial charge >= 0.3 is 0 Å². The maximum atomic E-state index is 13.8. The average molecular weight is 650 g/mol. The second-order valence-electron chi connectivity index (χ2n) is 10.7. The second kappa shape index (κ2) is 16.5. The van der Waals surface area contributed by atoms with E-state index in [1.54, 1.807) is 12.1 Å². The predicted molar refractivity (Wildman–Crippen MR) is 173 cm³/mol. The van der Waals surface area contributed by atoms with Crippen LogP contribution in [0.1, 0.15) is 37.3 Å². The van der Waals surface area contributed by atoms with Gasteiger partial charge in [0.15, 0.2) is 6.61 Å². The Labute approximate surface area is 268 Å². The molecule has 46 heavy (non-hydrogen) atoms. The van der Waals surface area contributed by atoms with Crippen molar-refractivity contribution in [2.75, 3.05) is 17.9 Å². The first kappa shape index (κ1) is 34.1. The molecule has 0 fully saturated rings. The fourth-order valence-electron chi connectivity index (χ4n) is 4.72. The number of hydrogen-bond acceptors (Lipinski definition) is 5. The molecule has 0 radical (unpaired) electrons. The average Bonchev–Trinajstić information content (AvgIpc) is 3.06. The van der Waals surface area contributed by atoms with Gasteiger partial charge in [-0.15, -0.1) is 0 Å². The van der Waals surface area contributed by atoms with Crippen molar-refractivity contribution < 1.29 is 31.5 Å². The van der Waals surface area contributed by atoms with Gasteiger partial charge in [0.1, 0.15) is 23.4 Å². The first-order valence-corrected chi connectivity index (χ1v) is 16.5. The van der Waals surface area contributed by atoms with Gasteiger partial charge in [0.25, 0.3) is 15.9 Å². The van der Waals surface area contributed by atoms with Crippen molar-refractivity contribution in [2.45, 2.75) is 50.1 Å². The molecule has 1 atom stereocenters. The van der Waals surface area contributed by atoms with Gasteiger partial charge in [-0.2, -0.15) is 0 Å². The van der Waals surface area contributed by atoms with Crippen molar-refractivity contribution in [1.29, 1.82) is 0 Å². The number of unbranched alkanes of at least 4 members (excludes halogenated alkanes) is 2. The van der Waals surface area contributed by atoms with Gasteiger partial charge in [-0.25, -0.2) is 17.2 Å². The van der Waals surface area contributed by atoms with Crippen LogP contribution in [0.3, 0.4) is 0 Å². The number of nitrogens with zero attached hydrogens (tertiary/aromatic N) is 1. The van der Waals surface area contributed by atoms with E-state index in [4.69, 9.17) is 4.74 Å². The van der Waals surface area contributed by atoms with Crippen LogP contribution in [-0.2, 0) is 32.6 Å². The summed E-state index contributed by atoms with van der Waals surface area (Å²) < 4.78 is 60.6. The fraction of sp³-hybridized carbons (Fsp3) is 0.257. The molecule has 0 spiro atoms. The van der Waals surface area contributed by atoms with Gasteiger partial charge in [-0.05, 0) is 78.2 Å². The number of carbonyl (C=O) groups is 2. The second-order valence-corrected chi connectivity index (χ2v) is 12.4. The maximum Gasteiger partial charge on any atom is 0.261 e. The number of anilines is 1. The Bertz CT molecular complexity index is 1670. The van der Waals surface area contributed by atoms with Gasteiger partial charge in [0, 0.05) is 25.2 Å². The number of amides is 2. The Kier molecular flexibility index (Phi) is 12.2. The molecule has 2 amide bonds. The minimum atomic E-state index is -3.96. The number of nitrogens with one attached hydrogen (secondary N) is 2. The van der Waals surface area contributed by atoms with Crippen LogP contribution in [0, 0.1) is 11.6 Å². The standard InChI is InChI=1S/C35H37F2N3O5S/c1-2-3-7-22-38-35(42)33(23-26-8-5-4-6-9-26)40(24-27-10-12-28(36)13-11-27)34(41)25-45-31-18-20-32(21-19-31)46(43,44)39-30-16-14-29(37)15-17-30/h4-6,8-21,33,39H,2-3,7,22-25H2,1H3,(H,38,42)/t33-/m1/s1. The molecule has 0 heterocycles. The molecule has 0 saturated carbocycles. The molecule has 242 valence electrons. The number of rotatable bonds is 16. The monoisotopic (exact) mass is 649 g/mol. The molecule has 8 nitrogen and oxygen atoms in total. The zero-order valence-electron chi connectivity index (χ0n) is 25.5. The molecule has 0 bridgehead atoms. The van der Waals surface area contributed by atoms with Crippen molar-refractivity contribution in [3.05, 3.63) is 126 Å². The van der Waals surface area contributed by atoms with E-state index >= 15 is 0 Å². The van der Waals surface area contributed by atoms with Gasteiger partial charge in [-0.3, -0.25) is 14.3 Å². The maximum absolute atomic E-state index is 13.8. The molecule has 4 aromatic rings. The molecule has 4 aromatic carbocycles. The number of benzene rings is 4. The molecule has 0 aliphatic carbocycles. The summed E-state index contributed by atoms with van der Waals surface area (Å²) in [6.07, 6.45) is 3.01. The zero-order chi connectivity index (χ0) is 32.9. The van der Waals surface area contributed by atoms with Gasteiger partial charge in [-0.1, -0.05) is 62.2 Å². The normalized spacial score (nSPS) is 11.8. The van der Waals surface area contributed by atoms with Crippen LogP contribution in [0.15, 0.2) is 108 Å². The molecule has 0 unspecified atom stereocenters. The van der Waals surface area contributed by atoms with Gasteiger partial charge in [0.2, 0.25) is 5.91 Å². The van der Waals surface area contributed by atoms with Gasteiger partial charge < -0.3 is 15.0 Å². The number of hydrogen-bond donors (Lipinski definition) is 2. The van der Waals surface area contributed by atoms with E-state index in [2.05, 4.69) is 17.0 Å². The van der Waals surface area contributed by atoms with E-state index in [9.17, 15) is 26.8 Å². The highest BCUT2D eigenvalue weighted by Crippen LogP contribution is 2.21. The number of sulfonamides is 1. The summed E-state index contributed by atoms with van der Waals surface area (Å²) in [4.78, 5) is 28.7. The summed E-state index contributed by atoms with van der Waals surface area (Å²) >= 11 is 0. The van der Waals surface area contributed by atoms with E-state index in [0.717, 1.165) is 37.0 Å². The topological polar surface area (TPSA) is 105 Å². The highest BCUT2D eigenvalue weighted by molar-refractivity contribution is 7.92. The lowest BCUT2D eigenvalue weighted by Crippen LogP contribution is -2.51. The largest absolute Gasteiger partial charge is 0.484 e.